The van der Waals surface area contributed by atoms with E-state index in [0.29, 0.717) is 11.3 Å². The number of benzene rings is 1. The van der Waals surface area contributed by atoms with Gasteiger partial charge in [0, 0.05) is 12.4 Å². The highest BCUT2D eigenvalue weighted by atomic mass is 35.5. The summed E-state index contributed by atoms with van der Waals surface area (Å²) in [6.07, 6.45) is 3.01. The third-order valence-electron chi connectivity index (χ3n) is 2.10. The van der Waals surface area contributed by atoms with Gasteiger partial charge in [0.15, 0.2) is 0 Å². The Morgan fingerprint density at radius 2 is 2.18 bits per heavy atom. The summed E-state index contributed by atoms with van der Waals surface area (Å²) >= 11 is 5.79. The van der Waals surface area contributed by atoms with E-state index in [1.54, 1.807) is 18.3 Å². The van der Waals surface area contributed by atoms with Gasteiger partial charge in [-0.15, -0.1) is 0 Å². The van der Waals surface area contributed by atoms with Crippen molar-refractivity contribution in [3.8, 4) is 0 Å². The number of rotatable bonds is 2. The molecule has 0 fully saturated rings. The van der Waals surface area contributed by atoms with Crippen LogP contribution in [0.5, 0.6) is 0 Å². The zero-order chi connectivity index (χ0) is 12.3. The minimum Gasteiger partial charge on any atom is -0.321 e. The molecule has 0 spiro atoms. The Kier molecular flexibility index (Phi) is 3.35. The van der Waals surface area contributed by atoms with E-state index in [4.69, 9.17) is 11.6 Å². The average Bonchev–Trinajstić information content (AvgIpc) is 2.34. The van der Waals surface area contributed by atoms with E-state index < -0.39 is 5.82 Å². The molecule has 0 aliphatic carbocycles. The Bertz CT molecular complexity index is 545. The molecular formula is C12H8ClFN2O. The molecule has 1 amide bonds. The number of carbonyl (C=O) groups excluding carboxylic acids is 1. The summed E-state index contributed by atoms with van der Waals surface area (Å²) in [6.45, 7) is 0. The van der Waals surface area contributed by atoms with Gasteiger partial charge in [-0.05, 0) is 30.3 Å². The van der Waals surface area contributed by atoms with E-state index >= 15 is 0 Å². The number of anilines is 1. The van der Waals surface area contributed by atoms with Crippen LogP contribution in [-0.4, -0.2) is 10.9 Å². The molecule has 0 atom stereocenters. The lowest BCUT2D eigenvalue weighted by atomic mass is 10.2. The Morgan fingerprint density at radius 1 is 1.35 bits per heavy atom. The third-order valence-corrected chi connectivity index (χ3v) is 2.42. The SMILES string of the molecule is O=C(Nc1ccc(F)cc1Cl)c1cccnc1. The summed E-state index contributed by atoms with van der Waals surface area (Å²) in [5, 5.41) is 2.73. The maximum absolute atomic E-state index is 12.8. The number of hydrogen-bond donors (Lipinski definition) is 1. The number of carbonyl (C=O) groups is 1. The molecule has 2 rings (SSSR count). The van der Waals surface area contributed by atoms with Crippen LogP contribution >= 0.6 is 11.6 Å². The van der Waals surface area contributed by atoms with Gasteiger partial charge in [0.05, 0.1) is 16.3 Å². The molecule has 1 heterocycles. The first-order chi connectivity index (χ1) is 8.16. The molecule has 86 valence electrons. The standard InChI is InChI=1S/C12H8ClFN2O/c13-10-6-9(14)3-4-11(10)16-12(17)8-2-1-5-15-7-8/h1-7H,(H,16,17). The fourth-order valence-electron chi connectivity index (χ4n) is 1.28. The molecule has 1 N–H and O–H groups in total. The molecule has 17 heavy (non-hydrogen) atoms. The summed E-state index contributed by atoms with van der Waals surface area (Å²) in [7, 11) is 0. The Labute approximate surface area is 102 Å². The third kappa shape index (κ3) is 2.79. The Hall–Kier alpha value is -1.94. The lowest BCUT2D eigenvalue weighted by Crippen LogP contribution is -2.12. The zero-order valence-corrected chi connectivity index (χ0v) is 9.41. The van der Waals surface area contributed by atoms with Gasteiger partial charge in [0.25, 0.3) is 5.91 Å². The van der Waals surface area contributed by atoms with Crippen LogP contribution in [0.15, 0.2) is 42.7 Å². The second-order valence-electron chi connectivity index (χ2n) is 3.32. The molecule has 0 aliphatic rings. The number of nitrogens with one attached hydrogen (secondary N) is 1. The first-order valence-electron chi connectivity index (χ1n) is 4.83. The van der Waals surface area contributed by atoms with Crippen molar-refractivity contribution < 1.29 is 9.18 Å². The molecular weight excluding hydrogens is 243 g/mol. The van der Waals surface area contributed by atoms with Crippen molar-refractivity contribution in [2.24, 2.45) is 0 Å². The van der Waals surface area contributed by atoms with Crippen LogP contribution in [0.4, 0.5) is 10.1 Å². The van der Waals surface area contributed by atoms with Gasteiger partial charge in [0.1, 0.15) is 5.82 Å². The number of aromatic nitrogens is 1. The molecule has 3 nitrogen and oxygen atoms in total. The lowest BCUT2D eigenvalue weighted by molar-refractivity contribution is 0.102. The van der Waals surface area contributed by atoms with Gasteiger partial charge >= 0.3 is 0 Å². The monoisotopic (exact) mass is 250 g/mol. The predicted octanol–water partition coefficient (Wildman–Crippen LogP) is 3.13. The van der Waals surface area contributed by atoms with Crippen molar-refractivity contribution in [1.82, 2.24) is 4.98 Å². The lowest BCUT2D eigenvalue weighted by Gasteiger charge is -2.06. The molecule has 0 saturated carbocycles. The zero-order valence-electron chi connectivity index (χ0n) is 8.65. The minimum atomic E-state index is -0.450. The Balaban J connectivity index is 2.19. The second kappa shape index (κ2) is 4.93. The predicted molar refractivity (Wildman–Crippen MR) is 63.6 cm³/mol. The van der Waals surface area contributed by atoms with Crippen molar-refractivity contribution in [1.29, 1.82) is 0 Å². The van der Waals surface area contributed by atoms with Crippen molar-refractivity contribution in [2.45, 2.75) is 0 Å². The largest absolute Gasteiger partial charge is 0.321 e. The molecule has 5 heteroatoms. The first kappa shape index (κ1) is 11.5. The van der Waals surface area contributed by atoms with Crippen LogP contribution < -0.4 is 5.32 Å². The summed E-state index contributed by atoms with van der Waals surface area (Å²) in [5.74, 6) is -0.791. The van der Waals surface area contributed by atoms with Crippen LogP contribution in [0.3, 0.4) is 0 Å². The number of nitrogens with zero attached hydrogens (tertiary/aromatic N) is 1. The summed E-state index contributed by atoms with van der Waals surface area (Å²) < 4.78 is 12.8. The van der Waals surface area contributed by atoms with E-state index in [1.807, 2.05) is 0 Å². The van der Waals surface area contributed by atoms with E-state index in [9.17, 15) is 9.18 Å². The molecule has 2 aromatic rings. The fraction of sp³-hybridized carbons (Fsp3) is 0. The van der Waals surface area contributed by atoms with Gasteiger partial charge < -0.3 is 5.32 Å². The number of halogens is 2. The summed E-state index contributed by atoms with van der Waals surface area (Å²) in [5.41, 5.74) is 0.773. The quantitative estimate of drug-likeness (QED) is 0.890. The normalized spacial score (nSPS) is 10.0. The maximum Gasteiger partial charge on any atom is 0.257 e. The van der Waals surface area contributed by atoms with Gasteiger partial charge in [0.2, 0.25) is 0 Å². The van der Waals surface area contributed by atoms with Crippen LogP contribution in [0.1, 0.15) is 10.4 Å². The van der Waals surface area contributed by atoms with Gasteiger partial charge in [-0.2, -0.15) is 0 Å². The fourth-order valence-corrected chi connectivity index (χ4v) is 1.50. The van der Waals surface area contributed by atoms with Gasteiger partial charge in [-0.3, -0.25) is 9.78 Å². The van der Waals surface area contributed by atoms with Crippen molar-refractivity contribution in [2.75, 3.05) is 5.32 Å². The van der Waals surface area contributed by atoms with E-state index in [-0.39, 0.29) is 10.9 Å². The van der Waals surface area contributed by atoms with E-state index in [1.165, 1.54) is 18.3 Å². The molecule has 0 radical (unpaired) electrons. The number of amides is 1. The highest BCUT2D eigenvalue weighted by molar-refractivity contribution is 6.33. The minimum absolute atomic E-state index is 0.155. The smallest absolute Gasteiger partial charge is 0.257 e. The maximum atomic E-state index is 12.8. The molecule has 1 aromatic carbocycles. The van der Waals surface area contributed by atoms with E-state index in [0.717, 1.165) is 6.07 Å². The highest BCUT2D eigenvalue weighted by Crippen LogP contribution is 2.22. The molecule has 0 aliphatic heterocycles. The number of hydrogen-bond acceptors (Lipinski definition) is 2. The van der Waals surface area contributed by atoms with Crippen molar-refractivity contribution >= 4 is 23.2 Å². The summed E-state index contributed by atoms with van der Waals surface area (Å²) in [6, 6.07) is 7.05. The molecule has 0 bridgehead atoms. The Morgan fingerprint density at radius 3 is 2.82 bits per heavy atom. The van der Waals surface area contributed by atoms with E-state index in [2.05, 4.69) is 10.3 Å². The number of pyridine rings is 1. The van der Waals surface area contributed by atoms with Crippen LogP contribution in [0.2, 0.25) is 5.02 Å². The average molecular weight is 251 g/mol. The second-order valence-corrected chi connectivity index (χ2v) is 3.73. The van der Waals surface area contributed by atoms with Crippen LogP contribution in [0.25, 0.3) is 0 Å². The van der Waals surface area contributed by atoms with Crippen molar-refractivity contribution in [3.63, 3.8) is 0 Å². The van der Waals surface area contributed by atoms with Gasteiger partial charge in [-0.1, -0.05) is 11.6 Å². The van der Waals surface area contributed by atoms with Crippen LogP contribution in [0, 0.1) is 5.82 Å². The molecule has 0 unspecified atom stereocenters. The molecule has 0 saturated heterocycles. The highest BCUT2D eigenvalue weighted by Gasteiger charge is 2.08. The van der Waals surface area contributed by atoms with Crippen molar-refractivity contribution in [3.05, 3.63) is 59.1 Å². The van der Waals surface area contributed by atoms with Gasteiger partial charge in [-0.25, -0.2) is 4.39 Å². The topological polar surface area (TPSA) is 42.0 Å². The van der Waals surface area contributed by atoms with Crippen LogP contribution in [-0.2, 0) is 0 Å². The first-order valence-corrected chi connectivity index (χ1v) is 5.21. The molecule has 1 aromatic heterocycles. The summed E-state index contributed by atoms with van der Waals surface area (Å²) in [4.78, 5) is 15.6.